The third-order valence-corrected chi connectivity index (χ3v) is 4.70. The van der Waals surface area contributed by atoms with Crippen LogP contribution in [0.3, 0.4) is 0 Å². The maximum Gasteiger partial charge on any atom is 0.229 e. The van der Waals surface area contributed by atoms with Gasteiger partial charge in [-0.05, 0) is 35.9 Å². The summed E-state index contributed by atoms with van der Waals surface area (Å²) >= 11 is 11.8. The summed E-state index contributed by atoms with van der Waals surface area (Å²) in [4.78, 5) is 29.8. The number of carbonyl (C=O) groups excluding carboxylic acids is 2. The molecule has 1 aromatic heterocycles. The quantitative estimate of drug-likeness (QED) is 0.556. The first-order valence-electron chi connectivity index (χ1n) is 8.70. The summed E-state index contributed by atoms with van der Waals surface area (Å²) in [7, 11) is 0. The minimum Gasteiger partial charge on any atom is -0.326 e. The second-order valence-corrected chi connectivity index (χ2v) is 7.14. The van der Waals surface area contributed by atoms with Crippen LogP contribution in [0.1, 0.15) is 12.5 Å². The first-order valence-corrected chi connectivity index (χ1v) is 9.46. The third-order valence-electron chi connectivity index (χ3n) is 4.06. The highest BCUT2D eigenvalue weighted by molar-refractivity contribution is 6.31. The van der Waals surface area contributed by atoms with Crippen LogP contribution in [0.15, 0.2) is 54.7 Å². The van der Waals surface area contributed by atoms with Crippen LogP contribution >= 0.6 is 23.2 Å². The van der Waals surface area contributed by atoms with E-state index in [9.17, 15) is 18.4 Å². The molecule has 0 bridgehead atoms. The molecule has 1 heterocycles. The number of nitrogens with zero attached hydrogens (tertiary/aromatic N) is 2. The van der Waals surface area contributed by atoms with Gasteiger partial charge < -0.3 is 5.32 Å². The lowest BCUT2D eigenvalue weighted by Gasteiger charge is -2.21. The van der Waals surface area contributed by atoms with E-state index in [1.807, 2.05) is 0 Å². The first-order chi connectivity index (χ1) is 14.2. The van der Waals surface area contributed by atoms with Crippen molar-refractivity contribution in [3.05, 3.63) is 82.0 Å². The molecule has 0 saturated carbocycles. The minimum absolute atomic E-state index is 0.117. The zero-order chi connectivity index (χ0) is 21.8. The van der Waals surface area contributed by atoms with Crippen molar-refractivity contribution in [2.24, 2.45) is 0 Å². The molecular formula is C21H15Cl2F2N3O2. The van der Waals surface area contributed by atoms with Crippen molar-refractivity contribution in [3.8, 4) is 0 Å². The SMILES string of the molecule is CC(=O)N(c1cc(F)cc(Cl)c1)c1cc(NC(=O)Cc2cccc(F)c2Cl)ccn1. The standard InChI is InChI=1S/C21H15Cl2F2N3O2/c1-12(29)28(17-9-14(22)8-15(24)10-17)19-11-16(5-6-26-19)27-20(30)7-13-3-2-4-18(25)21(13)23/h2-6,8-11H,7H2,1H3,(H,26,27,30). The largest absolute Gasteiger partial charge is 0.326 e. The maximum atomic E-state index is 13.7. The average molecular weight is 450 g/mol. The molecule has 3 aromatic rings. The van der Waals surface area contributed by atoms with Crippen molar-refractivity contribution in [2.45, 2.75) is 13.3 Å². The van der Waals surface area contributed by atoms with E-state index in [1.54, 1.807) is 6.07 Å². The van der Waals surface area contributed by atoms with Gasteiger partial charge in [-0.2, -0.15) is 0 Å². The summed E-state index contributed by atoms with van der Waals surface area (Å²) in [5.41, 5.74) is 0.865. The predicted octanol–water partition coefficient (Wildman–Crippen LogP) is 5.53. The zero-order valence-corrected chi connectivity index (χ0v) is 17.1. The first kappa shape index (κ1) is 21.7. The van der Waals surface area contributed by atoms with Crippen LogP contribution in [0.4, 0.5) is 26.0 Å². The normalized spacial score (nSPS) is 10.6. The molecule has 0 aliphatic heterocycles. The zero-order valence-electron chi connectivity index (χ0n) is 15.6. The summed E-state index contributed by atoms with van der Waals surface area (Å²) in [6.07, 6.45) is 1.24. The van der Waals surface area contributed by atoms with Gasteiger partial charge in [0.25, 0.3) is 0 Å². The summed E-state index contributed by atoms with van der Waals surface area (Å²) in [6, 6.07) is 10.9. The van der Waals surface area contributed by atoms with Gasteiger partial charge in [-0.15, -0.1) is 0 Å². The number of amides is 2. The molecule has 2 amide bonds. The van der Waals surface area contributed by atoms with Crippen LogP contribution in [0.5, 0.6) is 0 Å². The molecular weight excluding hydrogens is 435 g/mol. The number of benzene rings is 2. The van der Waals surface area contributed by atoms with E-state index in [-0.39, 0.29) is 28.0 Å². The molecule has 0 aliphatic carbocycles. The number of pyridine rings is 1. The Hall–Kier alpha value is -3.03. The van der Waals surface area contributed by atoms with Gasteiger partial charge in [0.1, 0.15) is 17.5 Å². The Labute approximate surface area is 181 Å². The smallest absolute Gasteiger partial charge is 0.229 e. The summed E-state index contributed by atoms with van der Waals surface area (Å²) in [5, 5.41) is 2.65. The van der Waals surface area contributed by atoms with Gasteiger partial charge in [0, 0.05) is 29.9 Å². The topological polar surface area (TPSA) is 62.3 Å². The van der Waals surface area contributed by atoms with Crippen molar-refractivity contribution in [2.75, 3.05) is 10.2 Å². The molecule has 0 radical (unpaired) electrons. The van der Waals surface area contributed by atoms with Gasteiger partial charge in [-0.3, -0.25) is 14.5 Å². The second kappa shape index (κ2) is 9.19. The van der Waals surface area contributed by atoms with Gasteiger partial charge in [0.2, 0.25) is 11.8 Å². The third kappa shape index (κ3) is 5.11. The molecule has 30 heavy (non-hydrogen) atoms. The molecule has 0 unspecified atom stereocenters. The van der Waals surface area contributed by atoms with E-state index in [1.165, 1.54) is 43.5 Å². The van der Waals surface area contributed by atoms with Crippen LogP contribution in [-0.2, 0) is 16.0 Å². The van der Waals surface area contributed by atoms with E-state index in [4.69, 9.17) is 23.2 Å². The molecule has 2 aromatic carbocycles. The summed E-state index contributed by atoms with van der Waals surface area (Å²) in [5.74, 6) is -1.94. The number of rotatable bonds is 5. The Morgan fingerprint density at radius 2 is 1.87 bits per heavy atom. The van der Waals surface area contributed by atoms with Crippen molar-refractivity contribution in [1.29, 1.82) is 0 Å². The van der Waals surface area contributed by atoms with Gasteiger partial charge in [0.15, 0.2) is 0 Å². The average Bonchev–Trinajstić information content (AvgIpc) is 2.65. The van der Waals surface area contributed by atoms with Crippen LogP contribution in [0.2, 0.25) is 10.0 Å². The Morgan fingerprint density at radius 1 is 1.10 bits per heavy atom. The fourth-order valence-corrected chi connectivity index (χ4v) is 3.23. The van der Waals surface area contributed by atoms with Crippen LogP contribution in [0, 0.1) is 11.6 Å². The predicted molar refractivity (Wildman–Crippen MR) is 112 cm³/mol. The van der Waals surface area contributed by atoms with Gasteiger partial charge in [-0.1, -0.05) is 35.3 Å². The van der Waals surface area contributed by atoms with E-state index >= 15 is 0 Å². The molecule has 0 aliphatic rings. The van der Waals surface area contributed by atoms with Crippen molar-refractivity contribution in [1.82, 2.24) is 4.98 Å². The highest BCUT2D eigenvalue weighted by Gasteiger charge is 2.18. The molecule has 3 rings (SSSR count). The van der Waals surface area contributed by atoms with E-state index < -0.39 is 23.4 Å². The molecule has 1 N–H and O–H groups in total. The molecule has 5 nitrogen and oxygen atoms in total. The van der Waals surface area contributed by atoms with Crippen LogP contribution in [0.25, 0.3) is 0 Å². The Balaban J connectivity index is 1.84. The highest BCUT2D eigenvalue weighted by atomic mass is 35.5. The lowest BCUT2D eigenvalue weighted by atomic mass is 10.1. The molecule has 0 fully saturated rings. The second-order valence-electron chi connectivity index (χ2n) is 6.32. The molecule has 0 spiro atoms. The van der Waals surface area contributed by atoms with E-state index in [2.05, 4.69) is 10.3 Å². The summed E-state index contributed by atoms with van der Waals surface area (Å²) in [6.45, 7) is 1.29. The number of halogens is 4. The molecule has 0 atom stereocenters. The van der Waals surface area contributed by atoms with Crippen molar-refractivity contribution in [3.63, 3.8) is 0 Å². The Kier molecular flexibility index (Phi) is 6.64. The minimum atomic E-state index is -0.612. The number of hydrogen-bond acceptors (Lipinski definition) is 3. The fraction of sp³-hybridized carbons (Fsp3) is 0.0952. The molecule has 9 heteroatoms. The van der Waals surface area contributed by atoms with Gasteiger partial charge in [-0.25, -0.2) is 13.8 Å². The lowest BCUT2D eigenvalue weighted by molar-refractivity contribution is -0.116. The van der Waals surface area contributed by atoms with E-state index in [0.29, 0.717) is 11.3 Å². The van der Waals surface area contributed by atoms with Crippen molar-refractivity contribution >= 4 is 52.2 Å². The highest BCUT2D eigenvalue weighted by Crippen LogP contribution is 2.29. The lowest BCUT2D eigenvalue weighted by Crippen LogP contribution is -2.24. The van der Waals surface area contributed by atoms with Crippen LogP contribution in [-0.4, -0.2) is 16.8 Å². The Bertz CT molecular complexity index is 1100. The van der Waals surface area contributed by atoms with Crippen LogP contribution < -0.4 is 10.2 Å². The number of anilines is 3. The van der Waals surface area contributed by atoms with Gasteiger partial charge in [0.05, 0.1) is 17.1 Å². The molecule has 0 saturated heterocycles. The maximum absolute atomic E-state index is 13.7. The molecule has 154 valence electrons. The Morgan fingerprint density at radius 3 is 2.57 bits per heavy atom. The summed E-state index contributed by atoms with van der Waals surface area (Å²) < 4.78 is 27.3. The van der Waals surface area contributed by atoms with Gasteiger partial charge >= 0.3 is 0 Å². The number of carbonyl (C=O) groups is 2. The van der Waals surface area contributed by atoms with Crippen molar-refractivity contribution < 1.29 is 18.4 Å². The van der Waals surface area contributed by atoms with E-state index in [0.717, 1.165) is 17.0 Å². The fourth-order valence-electron chi connectivity index (χ4n) is 2.83. The number of hydrogen-bond donors (Lipinski definition) is 1. The number of aromatic nitrogens is 1. The monoisotopic (exact) mass is 449 g/mol. The number of nitrogens with one attached hydrogen (secondary N) is 1.